The van der Waals surface area contributed by atoms with Gasteiger partial charge in [-0.25, -0.2) is 0 Å². The Hall–Kier alpha value is -1.35. The number of hydrogen-bond acceptors (Lipinski definition) is 2. The second kappa shape index (κ2) is 3.66. The number of primary amides is 1. The largest absolute Gasteiger partial charge is 0.368 e. The number of nitrogens with one attached hydrogen (secondary N) is 1. The SMILES string of the molecule is CC(NC1(c2ccccc2)CC1)C(N)=O. The third kappa shape index (κ3) is 2.02. The summed E-state index contributed by atoms with van der Waals surface area (Å²) in [6, 6.07) is 9.95. The molecule has 0 saturated heterocycles. The molecular weight excluding hydrogens is 188 g/mol. The zero-order valence-corrected chi connectivity index (χ0v) is 8.86. The first-order chi connectivity index (χ1) is 7.14. The van der Waals surface area contributed by atoms with E-state index in [1.54, 1.807) is 0 Å². The molecule has 1 aliphatic carbocycles. The summed E-state index contributed by atoms with van der Waals surface area (Å²) in [5.41, 5.74) is 6.49. The van der Waals surface area contributed by atoms with E-state index in [-0.39, 0.29) is 17.5 Å². The lowest BCUT2D eigenvalue weighted by Crippen LogP contribution is -2.44. The molecule has 0 radical (unpaired) electrons. The van der Waals surface area contributed by atoms with Gasteiger partial charge in [0.2, 0.25) is 5.91 Å². The van der Waals surface area contributed by atoms with Crippen LogP contribution < -0.4 is 11.1 Å². The average Bonchev–Trinajstić information content (AvgIpc) is 3.00. The maximum atomic E-state index is 11.0. The summed E-state index contributed by atoms with van der Waals surface area (Å²) in [7, 11) is 0. The van der Waals surface area contributed by atoms with Gasteiger partial charge in [-0.3, -0.25) is 10.1 Å². The van der Waals surface area contributed by atoms with Gasteiger partial charge in [0.15, 0.2) is 0 Å². The Labute approximate surface area is 89.7 Å². The molecule has 0 aromatic heterocycles. The van der Waals surface area contributed by atoms with E-state index < -0.39 is 0 Å². The molecule has 1 atom stereocenters. The van der Waals surface area contributed by atoms with Gasteiger partial charge in [-0.05, 0) is 25.3 Å². The molecule has 1 aromatic rings. The van der Waals surface area contributed by atoms with Crippen molar-refractivity contribution in [2.24, 2.45) is 5.73 Å². The molecule has 0 heterocycles. The van der Waals surface area contributed by atoms with E-state index in [0.717, 1.165) is 12.8 Å². The number of amides is 1. The average molecular weight is 204 g/mol. The van der Waals surface area contributed by atoms with E-state index in [9.17, 15) is 4.79 Å². The summed E-state index contributed by atoms with van der Waals surface area (Å²) >= 11 is 0. The Morgan fingerprint density at radius 1 is 1.40 bits per heavy atom. The monoisotopic (exact) mass is 204 g/mol. The maximum absolute atomic E-state index is 11.0. The number of benzene rings is 1. The molecule has 0 bridgehead atoms. The van der Waals surface area contributed by atoms with Gasteiger partial charge in [0.1, 0.15) is 0 Å². The van der Waals surface area contributed by atoms with Gasteiger partial charge in [-0.2, -0.15) is 0 Å². The Kier molecular flexibility index (Phi) is 2.49. The van der Waals surface area contributed by atoms with Crippen LogP contribution in [0, 0.1) is 0 Å². The van der Waals surface area contributed by atoms with Crippen molar-refractivity contribution in [3.8, 4) is 0 Å². The van der Waals surface area contributed by atoms with Crippen LogP contribution in [0.15, 0.2) is 30.3 Å². The number of carbonyl (C=O) groups is 1. The summed E-state index contributed by atoms with van der Waals surface area (Å²) in [6.07, 6.45) is 2.16. The highest BCUT2D eigenvalue weighted by atomic mass is 16.1. The summed E-state index contributed by atoms with van der Waals surface area (Å²) in [4.78, 5) is 11.0. The molecule has 1 aliphatic rings. The van der Waals surface area contributed by atoms with Crippen LogP contribution in [0.5, 0.6) is 0 Å². The molecular formula is C12H16N2O. The van der Waals surface area contributed by atoms with E-state index in [1.807, 2.05) is 25.1 Å². The number of hydrogen-bond donors (Lipinski definition) is 2. The molecule has 2 rings (SSSR count). The third-order valence-corrected chi connectivity index (χ3v) is 3.00. The van der Waals surface area contributed by atoms with Crippen molar-refractivity contribution in [2.75, 3.05) is 0 Å². The Balaban J connectivity index is 2.12. The van der Waals surface area contributed by atoms with Crippen LogP contribution in [-0.2, 0) is 10.3 Å². The van der Waals surface area contributed by atoms with Gasteiger partial charge in [0.25, 0.3) is 0 Å². The number of carbonyl (C=O) groups excluding carboxylic acids is 1. The van der Waals surface area contributed by atoms with Crippen molar-refractivity contribution in [1.82, 2.24) is 5.32 Å². The van der Waals surface area contributed by atoms with Crippen molar-refractivity contribution in [1.29, 1.82) is 0 Å². The minimum absolute atomic E-state index is 0.00426. The van der Waals surface area contributed by atoms with E-state index in [4.69, 9.17) is 5.73 Å². The summed E-state index contributed by atoms with van der Waals surface area (Å²) < 4.78 is 0. The summed E-state index contributed by atoms with van der Waals surface area (Å²) in [5.74, 6) is -0.294. The molecule has 80 valence electrons. The maximum Gasteiger partial charge on any atom is 0.234 e. The molecule has 0 aliphatic heterocycles. The van der Waals surface area contributed by atoms with Crippen molar-refractivity contribution in [3.05, 3.63) is 35.9 Å². The van der Waals surface area contributed by atoms with Crippen molar-refractivity contribution < 1.29 is 4.79 Å². The van der Waals surface area contributed by atoms with Crippen molar-refractivity contribution in [2.45, 2.75) is 31.3 Å². The highest BCUT2D eigenvalue weighted by molar-refractivity contribution is 5.79. The van der Waals surface area contributed by atoms with Crippen LogP contribution in [0.1, 0.15) is 25.3 Å². The lowest BCUT2D eigenvalue weighted by atomic mass is 10.0. The number of nitrogens with two attached hydrogens (primary N) is 1. The second-order valence-electron chi connectivity index (χ2n) is 4.22. The van der Waals surface area contributed by atoms with Crippen LogP contribution in [0.4, 0.5) is 0 Å². The van der Waals surface area contributed by atoms with Crippen LogP contribution in [-0.4, -0.2) is 11.9 Å². The van der Waals surface area contributed by atoms with Crippen LogP contribution >= 0.6 is 0 Å². The molecule has 1 unspecified atom stereocenters. The second-order valence-corrected chi connectivity index (χ2v) is 4.22. The smallest absolute Gasteiger partial charge is 0.234 e. The van der Waals surface area contributed by atoms with Crippen LogP contribution in [0.25, 0.3) is 0 Å². The standard InChI is InChI=1S/C12H16N2O/c1-9(11(13)15)14-12(7-8-12)10-5-3-2-4-6-10/h2-6,9,14H,7-8H2,1H3,(H2,13,15). The molecule has 0 spiro atoms. The van der Waals surface area contributed by atoms with Gasteiger partial charge >= 0.3 is 0 Å². The molecule has 3 N–H and O–H groups in total. The highest BCUT2D eigenvalue weighted by Crippen LogP contribution is 2.45. The Morgan fingerprint density at radius 3 is 2.47 bits per heavy atom. The lowest BCUT2D eigenvalue weighted by Gasteiger charge is -2.21. The molecule has 1 fully saturated rings. The molecule has 1 aromatic carbocycles. The minimum Gasteiger partial charge on any atom is -0.368 e. The zero-order chi connectivity index (χ0) is 10.9. The van der Waals surface area contributed by atoms with E-state index in [2.05, 4.69) is 17.4 Å². The summed E-state index contributed by atoms with van der Waals surface area (Å²) in [6.45, 7) is 1.81. The first-order valence-corrected chi connectivity index (χ1v) is 5.27. The molecule has 3 nitrogen and oxygen atoms in total. The molecule has 15 heavy (non-hydrogen) atoms. The normalized spacial score (nSPS) is 19.5. The lowest BCUT2D eigenvalue weighted by molar-refractivity contribution is -0.119. The fourth-order valence-corrected chi connectivity index (χ4v) is 1.88. The third-order valence-electron chi connectivity index (χ3n) is 3.00. The van der Waals surface area contributed by atoms with E-state index in [0.29, 0.717) is 0 Å². The van der Waals surface area contributed by atoms with Crippen molar-refractivity contribution >= 4 is 5.91 Å². The van der Waals surface area contributed by atoms with Crippen LogP contribution in [0.2, 0.25) is 0 Å². The van der Waals surface area contributed by atoms with E-state index >= 15 is 0 Å². The van der Waals surface area contributed by atoms with Gasteiger partial charge in [-0.1, -0.05) is 30.3 Å². The Bertz CT molecular complexity index is 357. The fraction of sp³-hybridized carbons (Fsp3) is 0.417. The fourth-order valence-electron chi connectivity index (χ4n) is 1.88. The molecule has 1 amide bonds. The first kappa shape index (κ1) is 10.2. The number of rotatable bonds is 4. The minimum atomic E-state index is -0.294. The van der Waals surface area contributed by atoms with Gasteiger partial charge in [0, 0.05) is 5.54 Å². The van der Waals surface area contributed by atoms with E-state index in [1.165, 1.54) is 5.56 Å². The topological polar surface area (TPSA) is 55.1 Å². The molecule has 1 saturated carbocycles. The highest BCUT2D eigenvalue weighted by Gasteiger charge is 2.45. The zero-order valence-electron chi connectivity index (χ0n) is 8.86. The first-order valence-electron chi connectivity index (χ1n) is 5.27. The quantitative estimate of drug-likeness (QED) is 0.772. The predicted molar refractivity (Wildman–Crippen MR) is 59.1 cm³/mol. The van der Waals surface area contributed by atoms with Gasteiger partial charge in [-0.15, -0.1) is 0 Å². The summed E-state index contributed by atoms with van der Waals surface area (Å²) in [5, 5.41) is 3.31. The Morgan fingerprint density at radius 2 is 2.00 bits per heavy atom. The van der Waals surface area contributed by atoms with Crippen molar-refractivity contribution in [3.63, 3.8) is 0 Å². The molecule has 3 heteroatoms. The predicted octanol–water partition coefficient (Wildman–Crippen LogP) is 1.14. The van der Waals surface area contributed by atoms with Gasteiger partial charge in [0.05, 0.1) is 6.04 Å². The van der Waals surface area contributed by atoms with Crippen LogP contribution in [0.3, 0.4) is 0 Å². The van der Waals surface area contributed by atoms with Gasteiger partial charge < -0.3 is 5.73 Å².